The highest BCUT2D eigenvalue weighted by atomic mass is 16.5. The van der Waals surface area contributed by atoms with Crippen molar-refractivity contribution in [3.8, 4) is 22.9 Å². The van der Waals surface area contributed by atoms with Gasteiger partial charge < -0.3 is 19.7 Å². The number of methoxy groups -OCH3 is 2. The van der Waals surface area contributed by atoms with Crippen LogP contribution in [-0.4, -0.2) is 66.7 Å². The lowest BCUT2D eigenvalue weighted by atomic mass is 9.94. The Morgan fingerprint density at radius 3 is 2.29 bits per heavy atom. The number of aromatic nitrogens is 2. The maximum atomic E-state index is 11.0. The van der Waals surface area contributed by atoms with Crippen LogP contribution in [0.1, 0.15) is 51.3 Å². The predicted octanol–water partition coefficient (Wildman–Crippen LogP) is 4.93. The summed E-state index contributed by atoms with van der Waals surface area (Å²) in [6.07, 6.45) is 10.1. The Labute approximate surface area is 225 Å². The van der Waals surface area contributed by atoms with Crippen molar-refractivity contribution in [2.45, 2.75) is 45.6 Å². The van der Waals surface area contributed by atoms with E-state index in [0.29, 0.717) is 18.7 Å². The standard InChI is InChI=1S/C21H18N4O2.C5H12O.C4H9N/c1-27-20-10-18(16-4-2-15(11-22)3-5-16)21(25-13-23-12-19(20)25)17-6-8-24(14-26)9-7-17;1-5(2,3)6-4;1-2-4-5-3-1/h2-6,10,12-14H,7-9H2,1H3;1-4H3;5H,1-4H2. The lowest BCUT2D eigenvalue weighted by molar-refractivity contribution is -0.117. The molecular formula is C30H39N5O3. The minimum atomic E-state index is 0.0417. The summed E-state index contributed by atoms with van der Waals surface area (Å²) < 4.78 is 12.6. The first-order chi connectivity index (χ1) is 18.3. The van der Waals surface area contributed by atoms with E-state index in [1.54, 1.807) is 31.6 Å². The smallest absolute Gasteiger partial charge is 0.209 e. The second kappa shape index (κ2) is 13.8. The number of nitrogens with zero attached hydrogens (tertiary/aromatic N) is 4. The van der Waals surface area contributed by atoms with Gasteiger partial charge in [0.25, 0.3) is 0 Å². The van der Waals surface area contributed by atoms with Crippen LogP contribution in [0.25, 0.3) is 22.2 Å². The second-order valence-corrected chi connectivity index (χ2v) is 10.2. The molecule has 202 valence electrons. The van der Waals surface area contributed by atoms with Gasteiger partial charge in [-0.1, -0.05) is 18.2 Å². The Bertz CT molecular complexity index is 1250. The summed E-state index contributed by atoms with van der Waals surface area (Å²) in [5, 5.41) is 12.3. The zero-order chi connectivity index (χ0) is 27.5. The molecule has 8 nitrogen and oxygen atoms in total. The number of nitrogens with one attached hydrogen (secondary N) is 1. The van der Waals surface area contributed by atoms with E-state index >= 15 is 0 Å². The van der Waals surface area contributed by atoms with Gasteiger partial charge in [-0.05, 0) is 82.5 Å². The molecule has 0 spiro atoms. The molecule has 8 heteroatoms. The average Bonchev–Trinajstić information content (AvgIpc) is 3.68. The fourth-order valence-electron chi connectivity index (χ4n) is 4.11. The molecule has 2 aliphatic rings. The van der Waals surface area contributed by atoms with Gasteiger partial charge in [-0.25, -0.2) is 4.98 Å². The van der Waals surface area contributed by atoms with Crippen LogP contribution in [0.5, 0.6) is 5.75 Å². The number of nitriles is 1. The number of rotatable bonds is 4. The largest absolute Gasteiger partial charge is 0.494 e. The molecule has 4 heterocycles. The van der Waals surface area contributed by atoms with Gasteiger partial charge in [-0.2, -0.15) is 5.26 Å². The Balaban J connectivity index is 0.000000304. The number of fused-ring (bicyclic) bond motifs is 1. The summed E-state index contributed by atoms with van der Waals surface area (Å²) in [6, 6.07) is 11.7. The molecule has 0 unspecified atom stereocenters. The van der Waals surface area contributed by atoms with Gasteiger partial charge in [0.2, 0.25) is 6.41 Å². The van der Waals surface area contributed by atoms with Crippen molar-refractivity contribution in [3.63, 3.8) is 0 Å². The van der Waals surface area contributed by atoms with Crippen LogP contribution in [0.3, 0.4) is 0 Å². The number of imidazole rings is 1. The van der Waals surface area contributed by atoms with Crippen LogP contribution in [0.4, 0.5) is 0 Å². The van der Waals surface area contributed by atoms with Crippen LogP contribution in [0.15, 0.2) is 48.9 Å². The molecule has 1 fully saturated rings. The first-order valence-electron chi connectivity index (χ1n) is 13.0. The quantitative estimate of drug-likeness (QED) is 0.494. The molecule has 0 saturated carbocycles. The topological polar surface area (TPSA) is 91.9 Å². The van der Waals surface area contributed by atoms with Gasteiger partial charge in [0.1, 0.15) is 11.3 Å². The number of hydrogen-bond donors (Lipinski definition) is 1. The molecular weight excluding hydrogens is 478 g/mol. The van der Waals surface area contributed by atoms with Crippen molar-refractivity contribution in [1.29, 1.82) is 5.26 Å². The van der Waals surface area contributed by atoms with E-state index in [1.807, 2.05) is 55.5 Å². The first kappa shape index (κ1) is 28.9. The lowest BCUT2D eigenvalue weighted by Gasteiger charge is -2.25. The molecule has 3 aromatic rings. The molecule has 1 N–H and O–H groups in total. The van der Waals surface area contributed by atoms with E-state index in [2.05, 4.69) is 22.4 Å². The number of carbonyl (C=O) groups excluding carboxylic acids is 1. The van der Waals surface area contributed by atoms with Gasteiger partial charge in [-0.15, -0.1) is 0 Å². The summed E-state index contributed by atoms with van der Waals surface area (Å²) in [5.41, 5.74) is 5.76. The number of amides is 1. The van der Waals surface area contributed by atoms with Crippen LogP contribution < -0.4 is 10.1 Å². The Kier molecular flexibility index (Phi) is 10.5. The molecule has 1 saturated heterocycles. The third-order valence-electron chi connectivity index (χ3n) is 6.47. The summed E-state index contributed by atoms with van der Waals surface area (Å²) in [6.45, 7) is 9.84. The monoisotopic (exact) mass is 517 g/mol. The minimum Gasteiger partial charge on any atom is -0.494 e. The number of hydrogen-bond acceptors (Lipinski definition) is 6. The molecule has 0 atom stereocenters. The normalized spacial score (nSPS) is 14.9. The maximum absolute atomic E-state index is 11.0. The lowest BCUT2D eigenvalue weighted by Crippen LogP contribution is -2.27. The van der Waals surface area contributed by atoms with Crippen LogP contribution in [-0.2, 0) is 9.53 Å². The predicted molar refractivity (Wildman–Crippen MR) is 151 cm³/mol. The van der Waals surface area contributed by atoms with E-state index < -0.39 is 0 Å². The number of carbonyl (C=O) groups is 1. The van der Waals surface area contributed by atoms with Gasteiger partial charge in [0, 0.05) is 25.8 Å². The zero-order valence-corrected chi connectivity index (χ0v) is 23.2. The van der Waals surface area contributed by atoms with Crippen molar-refractivity contribution in [2.75, 3.05) is 40.4 Å². The molecule has 1 amide bonds. The van der Waals surface area contributed by atoms with E-state index in [1.165, 1.54) is 25.9 Å². The van der Waals surface area contributed by atoms with Crippen LogP contribution in [0, 0.1) is 11.3 Å². The molecule has 2 aliphatic heterocycles. The van der Waals surface area contributed by atoms with Gasteiger partial charge in [-0.3, -0.25) is 9.20 Å². The first-order valence-corrected chi connectivity index (χ1v) is 13.0. The number of ether oxygens (including phenoxy) is 2. The molecule has 0 aliphatic carbocycles. The fraction of sp³-hybridized carbons (Fsp3) is 0.433. The fourth-order valence-corrected chi connectivity index (χ4v) is 4.11. The van der Waals surface area contributed by atoms with E-state index in [0.717, 1.165) is 46.5 Å². The molecule has 5 rings (SSSR count). The summed E-state index contributed by atoms with van der Waals surface area (Å²) in [5.74, 6) is 0.738. The third kappa shape index (κ3) is 7.67. The van der Waals surface area contributed by atoms with Gasteiger partial charge >= 0.3 is 0 Å². The Hall–Kier alpha value is -3.67. The Morgan fingerprint density at radius 2 is 1.82 bits per heavy atom. The van der Waals surface area contributed by atoms with Gasteiger partial charge in [0.15, 0.2) is 0 Å². The minimum absolute atomic E-state index is 0.0417. The van der Waals surface area contributed by atoms with E-state index in [9.17, 15) is 4.79 Å². The highest BCUT2D eigenvalue weighted by Gasteiger charge is 2.20. The van der Waals surface area contributed by atoms with Crippen molar-refractivity contribution in [1.82, 2.24) is 19.6 Å². The summed E-state index contributed by atoms with van der Waals surface area (Å²) in [4.78, 5) is 17.1. The van der Waals surface area contributed by atoms with E-state index in [4.69, 9.17) is 14.7 Å². The van der Waals surface area contributed by atoms with Gasteiger partial charge in [0.05, 0.1) is 42.6 Å². The molecule has 0 radical (unpaired) electrons. The van der Waals surface area contributed by atoms with Crippen molar-refractivity contribution < 1.29 is 14.3 Å². The van der Waals surface area contributed by atoms with Crippen molar-refractivity contribution >= 4 is 17.5 Å². The average molecular weight is 518 g/mol. The molecule has 38 heavy (non-hydrogen) atoms. The molecule has 2 aromatic heterocycles. The SMILES string of the molecule is C1CCNC1.COC(C)(C)C.COc1cc(-c2ccc(C#N)cc2)c(C2=CCN(C=O)CC2)n2cncc12. The summed E-state index contributed by atoms with van der Waals surface area (Å²) >= 11 is 0. The third-order valence-corrected chi connectivity index (χ3v) is 6.47. The number of pyridine rings is 1. The zero-order valence-electron chi connectivity index (χ0n) is 23.2. The van der Waals surface area contributed by atoms with Crippen LogP contribution in [0.2, 0.25) is 0 Å². The highest BCUT2D eigenvalue weighted by Crippen LogP contribution is 2.37. The number of benzene rings is 1. The molecule has 1 aromatic carbocycles. The van der Waals surface area contributed by atoms with Crippen molar-refractivity contribution in [3.05, 3.63) is 60.2 Å². The van der Waals surface area contributed by atoms with Crippen LogP contribution >= 0.6 is 0 Å². The molecule has 0 bridgehead atoms. The second-order valence-electron chi connectivity index (χ2n) is 10.2. The van der Waals surface area contributed by atoms with E-state index in [-0.39, 0.29) is 5.60 Å². The highest BCUT2D eigenvalue weighted by molar-refractivity contribution is 5.84. The maximum Gasteiger partial charge on any atom is 0.209 e. The Morgan fingerprint density at radius 1 is 1.13 bits per heavy atom. The summed E-state index contributed by atoms with van der Waals surface area (Å²) in [7, 11) is 3.35. The van der Waals surface area contributed by atoms with Crippen molar-refractivity contribution in [2.24, 2.45) is 0 Å².